The van der Waals surface area contributed by atoms with Crippen LogP contribution in [-0.4, -0.2) is 11.2 Å². The first-order valence-corrected chi connectivity index (χ1v) is 8.85. The molecule has 0 bridgehead atoms. The average molecular weight is 310 g/mol. The SMILES string of the molecule is CCC[C@@H]1[C@@H](O)[C@@H](C)[C@@H](c2ccccc2)[NH2+][C@H]1c1ccccc1. The van der Waals surface area contributed by atoms with E-state index in [0.717, 1.165) is 12.8 Å². The van der Waals surface area contributed by atoms with Crippen LogP contribution in [0.4, 0.5) is 0 Å². The molecule has 1 aliphatic rings. The van der Waals surface area contributed by atoms with Gasteiger partial charge in [-0.2, -0.15) is 0 Å². The van der Waals surface area contributed by atoms with Gasteiger partial charge in [0.15, 0.2) is 0 Å². The van der Waals surface area contributed by atoms with Gasteiger partial charge in [0.2, 0.25) is 0 Å². The highest BCUT2D eigenvalue weighted by atomic mass is 16.3. The number of aliphatic hydroxyl groups excluding tert-OH is 1. The predicted molar refractivity (Wildman–Crippen MR) is 93.9 cm³/mol. The lowest BCUT2D eigenvalue weighted by atomic mass is 9.72. The molecule has 0 aliphatic carbocycles. The Hall–Kier alpha value is -1.64. The van der Waals surface area contributed by atoms with Crippen LogP contribution in [0.15, 0.2) is 60.7 Å². The molecule has 1 heterocycles. The van der Waals surface area contributed by atoms with Gasteiger partial charge in [-0.3, -0.25) is 0 Å². The summed E-state index contributed by atoms with van der Waals surface area (Å²) in [6, 6.07) is 21.9. The number of rotatable bonds is 4. The summed E-state index contributed by atoms with van der Waals surface area (Å²) in [5.41, 5.74) is 2.65. The van der Waals surface area contributed by atoms with Gasteiger partial charge in [-0.1, -0.05) is 80.9 Å². The fourth-order valence-electron chi connectivity index (χ4n) is 4.16. The van der Waals surface area contributed by atoms with Crippen molar-refractivity contribution in [2.45, 2.75) is 44.9 Å². The molecule has 1 aliphatic heterocycles. The largest absolute Gasteiger partial charge is 0.392 e. The molecule has 0 unspecified atom stereocenters. The van der Waals surface area contributed by atoms with Gasteiger partial charge in [0, 0.05) is 23.0 Å². The summed E-state index contributed by atoms with van der Waals surface area (Å²) in [5.74, 6) is 0.575. The van der Waals surface area contributed by atoms with E-state index >= 15 is 0 Å². The maximum Gasteiger partial charge on any atom is 0.117 e. The molecule has 2 heteroatoms. The molecule has 1 fully saturated rings. The second-order valence-corrected chi connectivity index (χ2v) is 6.87. The zero-order chi connectivity index (χ0) is 16.2. The summed E-state index contributed by atoms with van der Waals surface area (Å²) in [6.07, 6.45) is 1.93. The Morgan fingerprint density at radius 2 is 1.39 bits per heavy atom. The Bertz CT molecular complexity index is 598. The van der Waals surface area contributed by atoms with E-state index in [9.17, 15) is 5.11 Å². The molecule has 0 saturated carbocycles. The summed E-state index contributed by atoms with van der Waals surface area (Å²) in [5, 5.41) is 13.5. The van der Waals surface area contributed by atoms with Crippen molar-refractivity contribution >= 4 is 0 Å². The molecule has 5 atom stereocenters. The van der Waals surface area contributed by atoms with Crippen molar-refractivity contribution < 1.29 is 10.4 Å². The van der Waals surface area contributed by atoms with Gasteiger partial charge in [0.25, 0.3) is 0 Å². The number of hydrogen-bond donors (Lipinski definition) is 2. The first kappa shape index (κ1) is 16.2. The molecule has 122 valence electrons. The third kappa shape index (κ3) is 3.34. The molecule has 0 aromatic heterocycles. The normalized spacial score (nSPS) is 31.0. The Morgan fingerprint density at radius 3 is 1.91 bits per heavy atom. The Balaban J connectivity index is 1.94. The minimum atomic E-state index is -0.254. The van der Waals surface area contributed by atoms with E-state index in [1.54, 1.807) is 0 Å². The molecule has 2 aromatic rings. The van der Waals surface area contributed by atoms with Crippen molar-refractivity contribution in [1.29, 1.82) is 0 Å². The fourth-order valence-corrected chi connectivity index (χ4v) is 4.16. The van der Waals surface area contributed by atoms with Crippen molar-refractivity contribution in [3.05, 3.63) is 71.8 Å². The number of quaternary nitrogens is 1. The van der Waals surface area contributed by atoms with Crippen LogP contribution >= 0.6 is 0 Å². The number of piperidine rings is 1. The van der Waals surface area contributed by atoms with Crippen LogP contribution in [0, 0.1) is 11.8 Å². The van der Waals surface area contributed by atoms with Crippen molar-refractivity contribution in [3.63, 3.8) is 0 Å². The highest BCUT2D eigenvalue weighted by Gasteiger charge is 2.45. The van der Waals surface area contributed by atoms with Gasteiger partial charge in [0.1, 0.15) is 12.1 Å². The van der Waals surface area contributed by atoms with E-state index in [1.807, 2.05) is 0 Å². The van der Waals surface area contributed by atoms with Crippen molar-refractivity contribution in [1.82, 2.24) is 0 Å². The standard InChI is InChI=1S/C21H27NO/c1-3-10-18-20(17-13-8-5-9-14-17)22-19(15(2)21(18)23)16-11-6-4-7-12-16/h4-9,11-15,18-23H,3,10H2,1-2H3/p+1/t15-,18-,19-,20-,21-/m0/s1. The monoisotopic (exact) mass is 310 g/mol. The van der Waals surface area contributed by atoms with E-state index in [2.05, 4.69) is 79.8 Å². The Labute approximate surface area is 139 Å². The minimum Gasteiger partial charge on any atom is -0.392 e. The topological polar surface area (TPSA) is 36.8 Å². The van der Waals surface area contributed by atoms with Crippen LogP contribution in [0.25, 0.3) is 0 Å². The molecule has 2 aromatic carbocycles. The molecule has 23 heavy (non-hydrogen) atoms. The second-order valence-electron chi connectivity index (χ2n) is 6.87. The highest BCUT2D eigenvalue weighted by molar-refractivity contribution is 5.22. The number of nitrogens with two attached hydrogens (primary N) is 1. The molecule has 1 saturated heterocycles. The third-order valence-corrected chi connectivity index (χ3v) is 5.41. The van der Waals surface area contributed by atoms with Crippen LogP contribution in [0.5, 0.6) is 0 Å². The molecular weight excluding hydrogens is 282 g/mol. The highest BCUT2D eigenvalue weighted by Crippen LogP contribution is 2.37. The van der Waals surface area contributed by atoms with E-state index in [-0.39, 0.29) is 12.0 Å². The van der Waals surface area contributed by atoms with E-state index in [4.69, 9.17) is 0 Å². The maximum atomic E-state index is 11.0. The number of aliphatic hydroxyl groups is 1. The quantitative estimate of drug-likeness (QED) is 0.891. The Kier molecular flexibility index (Phi) is 5.14. The van der Waals surface area contributed by atoms with Crippen molar-refractivity contribution in [3.8, 4) is 0 Å². The zero-order valence-corrected chi connectivity index (χ0v) is 14.1. The van der Waals surface area contributed by atoms with Gasteiger partial charge < -0.3 is 10.4 Å². The smallest absolute Gasteiger partial charge is 0.117 e. The van der Waals surface area contributed by atoms with Gasteiger partial charge in [-0.25, -0.2) is 0 Å². The van der Waals surface area contributed by atoms with E-state index in [1.165, 1.54) is 11.1 Å². The predicted octanol–water partition coefficient (Wildman–Crippen LogP) is 3.46. The van der Waals surface area contributed by atoms with E-state index < -0.39 is 0 Å². The average Bonchev–Trinajstić information content (AvgIpc) is 2.61. The summed E-state index contributed by atoms with van der Waals surface area (Å²) in [4.78, 5) is 0. The molecule has 0 amide bonds. The van der Waals surface area contributed by atoms with Crippen LogP contribution < -0.4 is 5.32 Å². The number of benzene rings is 2. The van der Waals surface area contributed by atoms with Crippen molar-refractivity contribution in [2.75, 3.05) is 0 Å². The van der Waals surface area contributed by atoms with Crippen LogP contribution in [0.1, 0.15) is 49.9 Å². The third-order valence-electron chi connectivity index (χ3n) is 5.41. The summed E-state index contributed by atoms with van der Waals surface area (Å²) in [6.45, 7) is 4.41. The summed E-state index contributed by atoms with van der Waals surface area (Å²) >= 11 is 0. The Morgan fingerprint density at radius 1 is 0.870 bits per heavy atom. The molecule has 0 radical (unpaired) electrons. The summed E-state index contributed by atoms with van der Waals surface area (Å²) in [7, 11) is 0. The van der Waals surface area contributed by atoms with Gasteiger partial charge >= 0.3 is 0 Å². The second kappa shape index (κ2) is 7.29. The zero-order valence-electron chi connectivity index (χ0n) is 14.1. The molecule has 2 nitrogen and oxygen atoms in total. The molecule has 3 rings (SSSR count). The first-order chi connectivity index (χ1) is 11.2. The summed E-state index contributed by atoms with van der Waals surface area (Å²) < 4.78 is 0. The van der Waals surface area contributed by atoms with Crippen LogP contribution in [-0.2, 0) is 0 Å². The number of hydrogen-bond acceptors (Lipinski definition) is 1. The fraction of sp³-hybridized carbons (Fsp3) is 0.429. The maximum absolute atomic E-state index is 11.0. The van der Waals surface area contributed by atoms with Crippen molar-refractivity contribution in [2.24, 2.45) is 11.8 Å². The molecule has 3 N–H and O–H groups in total. The van der Waals surface area contributed by atoms with Crippen LogP contribution in [0.3, 0.4) is 0 Å². The van der Waals surface area contributed by atoms with Gasteiger partial charge in [-0.15, -0.1) is 0 Å². The van der Waals surface area contributed by atoms with Gasteiger partial charge in [0.05, 0.1) is 6.10 Å². The lowest BCUT2D eigenvalue weighted by molar-refractivity contribution is -0.760. The first-order valence-electron chi connectivity index (χ1n) is 8.85. The lowest BCUT2D eigenvalue weighted by Crippen LogP contribution is -2.92. The molecule has 0 spiro atoms. The minimum absolute atomic E-state index is 0.254. The lowest BCUT2D eigenvalue weighted by Gasteiger charge is -2.42. The van der Waals surface area contributed by atoms with Gasteiger partial charge in [-0.05, 0) is 6.42 Å². The van der Waals surface area contributed by atoms with Crippen LogP contribution in [0.2, 0.25) is 0 Å². The van der Waals surface area contributed by atoms with E-state index in [0.29, 0.717) is 18.0 Å². The molecular formula is C21H28NO+.